The highest BCUT2D eigenvalue weighted by Gasteiger charge is 1.99. The molecule has 0 heteroatoms. The molecule has 0 saturated carbocycles. The first kappa shape index (κ1) is 27.7. The minimum absolute atomic E-state index is 0.622. The molecule has 0 aromatic rings. The maximum absolute atomic E-state index is 3.98. The lowest BCUT2D eigenvalue weighted by molar-refractivity contribution is 0.594. The van der Waals surface area contributed by atoms with E-state index < -0.39 is 0 Å². The number of hydrogen-bond donors (Lipinski definition) is 0. The highest BCUT2D eigenvalue weighted by molar-refractivity contribution is 4.93. The molecule has 0 unspecified atom stereocenters. The molecule has 0 radical (unpaired) electrons. The summed E-state index contributed by atoms with van der Waals surface area (Å²) in [7, 11) is 0. The van der Waals surface area contributed by atoms with Crippen molar-refractivity contribution < 1.29 is 0 Å². The second-order valence-corrected chi connectivity index (χ2v) is 7.87. The van der Waals surface area contributed by atoms with E-state index in [0.717, 1.165) is 24.7 Å². The fourth-order valence-electron chi connectivity index (χ4n) is 2.38. The normalized spacial score (nSPS) is 12.7. The summed E-state index contributed by atoms with van der Waals surface area (Å²) in [5.74, 6) is 2.20. The van der Waals surface area contributed by atoms with E-state index in [2.05, 4.69) is 90.0 Å². The van der Waals surface area contributed by atoms with Crippen LogP contribution in [0.2, 0.25) is 0 Å². The van der Waals surface area contributed by atoms with Gasteiger partial charge in [-0.2, -0.15) is 0 Å². The summed E-state index contributed by atoms with van der Waals surface area (Å²) in [5.41, 5.74) is 0. The molecule has 0 fully saturated rings. The van der Waals surface area contributed by atoms with E-state index in [4.69, 9.17) is 0 Å². The number of allylic oxidation sites excluding steroid dienone is 9. The average molecular weight is 371 g/mol. The van der Waals surface area contributed by atoms with Gasteiger partial charge in [0.25, 0.3) is 0 Å². The lowest BCUT2D eigenvalue weighted by Gasteiger charge is -2.07. The predicted molar refractivity (Wildman–Crippen MR) is 128 cm³/mol. The molecule has 0 rings (SSSR count). The van der Waals surface area contributed by atoms with Crippen molar-refractivity contribution >= 4 is 0 Å². The lowest BCUT2D eigenvalue weighted by Crippen LogP contribution is -1.93. The first-order valence-electron chi connectivity index (χ1n) is 10.8. The zero-order chi connectivity index (χ0) is 20.8. The van der Waals surface area contributed by atoms with Gasteiger partial charge < -0.3 is 0 Å². The predicted octanol–water partition coefficient (Wildman–Crippen LogP) is 9.25. The summed E-state index contributed by atoms with van der Waals surface area (Å²) in [6, 6.07) is 0. The lowest BCUT2D eigenvalue weighted by atomic mass is 9.98. The Morgan fingerprint density at radius 3 is 1.56 bits per heavy atom. The van der Waals surface area contributed by atoms with Crippen LogP contribution in [0, 0.1) is 17.8 Å². The van der Waals surface area contributed by atoms with Crippen molar-refractivity contribution in [3.8, 4) is 0 Å². The SMILES string of the molecule is C=CC=C.C=C[C@H](C/C=C/CC/C=C\CCC(C)C)CC/C=C/CC(C)C. The summed E-state index contributed by atoms with van der Waals surface area (Å²) < 4.78 is 0. The van der Waals surface area contributed by atoms with Gasteiger partial charge in [-0.25, -0.2) is 0 Å². The highest BCUT2D eigenvalue weighted by atomic mass is 14.0. The molecular formula is C27H46. The highest BCUT2D eigenvalue weighted by Crippen LogP contribution is 2.14. The summed E-state index contributed by atoms with van der Waals surface area (Å²) in [6.45, 7) is 19.8. The van der Waals surface area contributed by atoms with Crippen molar-refractivity contribution in [1.82, 2.24) is 0 Å². The molecule has 0 aliphatic carbocycles. The van der Waals surface area contributed by atoms with Crippen LogP contribution in [0.25, 0.3) is 0 Å². The topological polar surface area (TPSA) is 0 Å². The Morgan fingerprint density at radius 1 is 0.556 bits per heavy atom. The molecule has 154 valence electrons. The Balaban J connectivity index is 0. The molecule has 1 atom stereocenters. The van der Waals surface area contributed by atoms with E-state index in [9.17, 15) is 0 Å². The number of rotatable bonds is 15. The van der Waals surface area contributed by atoms with Gasteiger partial charge in [-0.15, -0.1) is 6.58 Å². The zero-order valence-corrected chi connectivity index (χ0v) is 18.7. The Hall–Kier alpha value is -1.56. The van der Waals surface area contributed by atoms with Gasteiger partial charge in [0, 0.05) is 0 Å². The van der Waals surface area contributed by atoms with E-state index in [1.807, 2.05) is 0 Å². The van der Waals surface area contributed by atoms with Crippen molar-refractivity contribution in [2.45, 2.75) is 79.1 Å². The summed E-state index contributed by atoms with van der Waals surface area (Å²) in [5, 5.41) is 0. The van der Waals surface area contributed by atoms with Crippen molar-refractivity contribution in [1.29, 1.82) is 0 Å². The van der Waals surface area contributed by atoms with Gasteiger partial charge in [-0.1, -0.05) is 95.5 Å². The minimum atomic E-state index is 0.622. The quantitative estimate of drug-likeness (QED) is 0.153. The average Bonchev–Trinajstić information content (AvgIpc) is 2.64. The van der Waals surface area contributed by atoms with Gasteiger partial charge in [0.15, 0.2) is 0 Å². The molecule has 0 aromatic heterocycles. The molecule has 0 aliphatic heterocycles. The first-order chi connectivity index (χ1) is 13.0. The Kier molecular flexibility index (Phi) is 23.0. The fourth-order valence-corrected chi connectivity index (χ4v) is 2.38. The van der Waals surface area contributed by atoms with Crippen molar-refractivity contribution in [3.63, 3.8) is 0 Å². The molecule has 0 aromatic carbocycles. The molecule has 0 aliphatic rings. The van der Waals surface area contributed by atoms with Crippen LogP contribution in [-0.4, -0.2) is 0 Å². The number of unbranched alkanes of at least 4 members (excludes halogenated alkanes) is 1. The van der Waals surface area contributed by atoms with Gasteiger partial charge >= 0.3 is 0 Å². The largest absolute Gasteiger partial charge is 0.103 e. The Bertz CT molecular complexity index is 411. The Morgan fingerprint density at radius 2 is 1.04 bits per heavy atom. The van der Waals surface area contributed by atoms with Crippen molar-refractivity contribution in [2.24, 2.45) is 17.8 Å². The molecule has 0 bridgehead atoms. The third-order valence-corrected chi connectivity index (χ3v) is 4.16. The van der Waals surface area contributed by atoms with Crippen LogP contribution in [0.15, 0.2) is 74.4 Å². The zero-order valence-electron chi connectivity index (χ0n) is 18.7. The molecule has 0 N–H and O–H groups in total. The molecular weight excluding hydrogens is 324 g/mol. The third-order valence-electron chi connectivity index (χ3n) is 4.16. The second kappa shape index (κ2) is 22.5. The third kappa shape index (κ3) is 26.8. The van der Waals surface area contributed by atoms with Crippen LogP contribution < -0.4 is 0 Å². The van der Waals surface area contributed by atoms with Crippen LogP contribution >= 0.6 is 0 Å². The maximum Gasteiger partial charge on any atom is -0.0199 e. The van der Waals surface area contributed by atoms with Crippen LogP contribution in [-0.2, 0) is 0 Å². The molecule has 0 amide bonds. The van der Waals surface area contributed by atoms with E-state index in [0.29, 0.717) is 5.92 Å². The van der Waals surface area contributed by atoms with Gasteiger partial charge in [-0.05, 0) is 69.1 Å². The van der Waals surface area contributed by atoms with Crippen LogP contribution in [0.1, 0.15) is 79.1 Å². The summed E-state index contributed by atoms with van der Waals surface area (Å²) in [6.07, 6.45) is 29.0. The maximum atomic E-state index is 3.98. The smallest absolute Gasteiger partial charge is 0.0199 e. The van der Waals surface area contributed by atoms with Crippen LogP contribution in [0.3, 0.4) is 0 Å². The molecule has 0 saturated heterocycles. The van der Waals surface area contributed by atoms with Gasteiger partial charge in [0.2, 0.25) is 0 Å². The van der Waals surface area contributed by atoms with E-state index in [-0.39, 0.29) is 0 Å². The van der Waals surface area contributed by atoms with Gasteiger partial charge in [0.1, 0.15) is 0 Å². The summed E-state index contributed by atoms with van der Waals surface area (Å²) in [4.78, 5) is 0. The van der Waals surface area contributed by atoms with Gasteiger partial charge in [-0.3, -0.25) is 0 Å². The number of hydrogen-bond acceptors (Lipinski definition) is 0. The monoisotopic (exact) mass is 370 g/mol. The molecule has 0 nitrogen and oxygen atoms in total. The van der Waals surface area contributed by atoms with E-state index in [1.54, 1.807) is 12.2 Å². The Labute approximate surface area is 171 Å². The first-order valence-corrected chi connectivity index (χ1v) is 10.8. The summed E-state index contributed by atoms with van der Waals surface area (Å²) >= 11 is 0. The molecule has 0 spiro atoms. The fraction of sp³-hybridized carbons (Fsp3) is 0.556. The standard InChI is InChI=1S/C23H40.C4H6/c1-6-23(20-16-12-14-18-22(4)5)19-15-11-9-7-8-10-13-17-21(2)3;1-3-4-2/h6,8,10-12,14-15,21-23H,1,7,9,13,16-20H2,2-5H3;3-4H,1-2H2/b10-8-,14-12+,15-11+;/t23-;/m1./s1. The van der Waals surface area contributed by atoms with E-state index >= 15 is 0 Å². The van der Waals surface area contributed by atoms with Crippen LogP contribution in [0.5, 0.6) is 0 Å². The van der Waals surface area contributed by atoms with Crippen molar-refractivity contribution in [3.05, 3.63) is 74.4 Å². The molecule has 0 heterocycles. The minimum Gasteiger partial charge on any atom is -0.103 e. The second-order valence-electron chi connectivity index (χ2n) is 7.87. The van der Waals surface area contributed by atoms with Crippen molar-refractivity contribution in [2.75, 3.05) is 0 Å². The molecule has 27 heavy (non-hydrogen) atoms. The van der Waals surface area contributed by atoms with Gasteiger partial charge in [0.05, 0.1) is 0 Å². The van der Waals surface area contributed by atoms with E-state index in [1.165, 1.54) is 38.5 Å². The van der Waals surface area contributed by atoms with Crippen LogP contribution in [0.4, 0.5) is 0 Å².